The van der Waals surface area contributed by atoms with Crippen molar-refractivity contribution in [2.45, 2.75) is 12.5 Å². The van der Waals surface area contributed by atoms with Gasteiger partial charge in [0.15, 0.2) is 0 Å². The molecule has 0 aromatic heterocycles. The van der Waals surface area contributed by atoms with Crippen molar-refractivity contribution < 1.29 is 0 Å². The van der Waals surface area contributed by atoms with E-state index in [0.717, 1.165) is 23.4 Å². The van der Waals surface area contributed by atoms with Gasteiger partial charge in [-0.1, -0.05) is 77.3 Å². The molecule has 0 saturated heterocycles. The van der Waals surface area contributed by atoms with Gasteiger partial charge in [0.1, 0.15) is 0 Å². The first-order chi connectivity index (χ1) is 12.6. The van der Waals surface area contributed by atoms with Gasteiger partial charge in [0.2, 0.25) is 0 Å². The molecule has 1 aliphatic rings. The summed E-state index contributed by atoms with van der Waals surface area (Å²) in [4.78, 5) is 0. The predicted octanol–water partition coefficient (Wildman–Crippen LogP) is 7.00. The normalized spacial score (nSPS) is 16.7. The highest BCUT2D eigenvalue weighted by molar-refractivity contribution is 6.42. The lowest BCUT2D eigenvalue weighted by molar-refractivity contribution is 0.709. The molecule has 5 heteroatoms. The summed E-state index contributed by atoms with van der Waals surface area (Å²) in [5, 5.41) is 8.68. The van der Waals surface area contributed by atoms with Gasteiger partial charge in [0, 0.05) is 11.4 Å². The average Bonchev–Trinajstić information content (AvgIpc) is 3.11. The molecule has 1 aliphatic heterocycles. The minimum atomic E-state index is 0.0964. The molecule has 0 bridgehead atoms. The first-order valence-electron chi connectivity index (χ1n) is 8.24. The molecular formula is C21H15Cl3N2. The van der Waals surface area contributed by atoms with Crippen LogP contribution in [0.2, 0.25) is 15.1 Å². The number of benzene rings is 3. The van der Waals surface area contributed by atoms with Crippen LogP contribution in [0.25, 0.3) is 0 Å². The standard InChI is InChI=1S/C21H15Cl3N2/c22-16-8-6-14(7-9-16)20-13-21(15-4-2-1-3-5-15)26(25-20)17-10-11-18(23)19(24)12-17/h1-12,21H,13H2/t21-/m1/s1. The van der Waals surface area contributed by atoms with E-state index < -0.39 is 0 Å². The van der Waals surface area contributed by atoms with Gasteiger partial charge in [0.25, 0.3) is 0 Å². The van der Waals surface area contributed by atoms with Crippen molar-refractivity contribution in [3.8, 4) is 0 Å². The first-order valence-corrected chi connectivity index (χ1v) is 9.38. The molecule has 0 spiro atoms. The highest BCUT2D eigenvalue weighted by Crippen LogP contribution is 2.38. The quantitative estimate of drug-likeness (QED) is 0.461. The monoisotopic (exact) mass is 400 g/mol. The van der Waals surface area contributed by atoms with Crippen LogP contribution in [0.1, 0.15) is 23.6 Å². The topological polar surface area (TPSA) is 15.6 Å². The first kappa shape index (κ1) is 17.4. The molecule has 0 radical (unpaired) electrons. The van der Waals surface area contributed by atoms with E-state index in [1.807, 2.05) is 59.6 Å². The van der Waals surface area contributed by atoms with Crippen molar-refractivity contribution in [3.63, 3.8) is 0 Å². The van der Waals surface area contributed by atoms with Crippen molar-refractivity contribution in [1.82, 2.24) is 0 Å². The van der Waals surface area contributed by atoms with Crippen LogP contribution >= 0.6 is 34.8 Å². The van der Waals surface area contributed by atoms with E-state index in [-0.39, 0.29) is 6.04 Å². The zero-order valence-corrected chi connectivity index (χ0v) is 16.0. The summed E-state index contributed by atoms with van der Waals surface area (Å²) in [6.07, 6.45) is 0.798. The van der Waals surface area contributed by atoms with Gasteiger partial charge in [-0.2, -0.15) is 5.10 Å². The molecule has 3 aromatic carbocycles. The third kappa shape index (κ3) is 3.45. The number of anilines is 1. The second-order valence-corrected chi connectivity index (χ2v) is 7.38. The van der Waals surface area contributed by atoms with Gasteiger partial charge < -0.3 is 0 Å². The summed E-state index contributed by atoms with van der Waals surface area (Å²) >= 11 is 18.3. The maximum absolute atomic E-state index is 6.24. The van der Waals surface area contributed by atoms with Crippen molar-refractivity contribution in [1.29, 1.82) is 0 Å². The van der Waals surface area contributed by atoms with E-state index in [0.29, 0.717) is 15.1 Å². The highest BCUT2D eigenvalue weighted by atomic mass is 35.5. The van der Waals surface area contributed by atoms with E-state index in [2.05, 4.69) is 12.1 Å². The number of halogens is 3. The molecule has 4 rings (SSSR count). The lowest BCUT2D eigenvalue weighted by Crippen LogP contribution is -2.18. The summed E-state index contributed by atoms with van der Waals surface area (Å²) in [7, 11) is 0. The number of nitrogens with zero attached hydrogens (tertiary/aromatic N) is 2. The summed E-state index contributed by atoms with van der Waals surface area (Å²) < 4.78 is 0. The van der Waals surface area contributed by atoms with Crippen LogP contribution in [0.5, 0.6) is 0 Å². The van der Waals surface area contributed by atoms with E-state index in [1.165, 1.54) is 5.56 Å². The number of hydrogen-bond acceptors (Lipinski definition) is 2. The molecule has 26 heavy (non-hydrogen) atoms. The molecular weight excluding hydrogens is 387 g/mol. The molecule has 0 unspecified atom stereocenters. The Labute approximate surface area is 167 Å². The minimum absolute atomic E-state index is 0.0964. The van der Waals surface area contributed by atoms with Crippen molar-refractivity contribution in [3.05, 3.63) is 99.0 Å². The van der Waals surface area contributed by atoms with Crippen molar-refractivity contribution >= 4 is 46.2 Å². The number of rotatable bonds is 3. The smallest absolute Gasteiger partial charge is 0.0831 e. The van der Waals surface area contributed by atoms with Gasteiger partial charge in [-0.15, -0.1) is 0 Å². The zero-order valence-electron chi connectivity index (χ0n) is 13.7. The van der Waals surface area contributed by atoms with Gasteiger partial charge >= 0.3 is 0 Å². The second-order valence-electron chi connectivity index (χ2n) is 6.13. The van der Waals surface area contributed by atoms with Crippen LogP contribution in [0.3, 0.4) is 0 Å². The van der Waals surface area contributed by atoms with Crippen LogP contribution in [0.4, 0.5) is 5.69 Å². The highest BCUT2D eigenvalue weighted by Gasteiger charge is 2.30. The molecule has 3 aromatic rings. The van der Waals surface area contributed by atoms with Crippen LogP contribution in [0, 0.1) is 0 Å². The SMILES string of the molecule is Clc1ccc(C2=NN(c3ccc(Cl)c(Cl)c3)[C@@H](c3ccccc3)C2)cc1. The zero-order chi connectivity index (χ0) is 18.1. The van der Waals surface area contributed by atoms with E-state index in [1.54, 1.807) is 6.07 Å². The summed E-state index contributed by atoms with van der Waals surface area (Å²) in [6.45, 7) is 0. The lowest BCUT2D eigenvalue weighted by Gasteiger charge is -2.24. The second kappa shape index (κ2) is 7.32. The van der Waals surface area contributed by atoms with Crippen molar-refractivity contribution in [2.24, 2.45) is 5.10 Å². The average molecular weight is 402 g/mol. The van der Waals surface area contributed by atoms with Crippen molar-refractivity contribution in [2.75, 3.05) is 5.01 Å². The maximum Gasteiger partial charge on any atom is 0.0831 e. The largest absolute Gasteiger partial charge is 0.257 e. The Hall–Kier alpha value is -2.00. The minimum Gasteiger partial charge on any atom is -0.257 e. The summed E-state index contributed by atoms with van der Waals surface area (Å²) in [5.41, 5.74) is 4.20. The van der Waals surface area contributed by atoms with Crippen LogP contribution in [0.15, 0.2) is 77.9 Å². The van der Waals surface area contributed by atoms with E-state index in [9.17, 15) is 0 Å². The van der Waals surface area contributed by atoms with Crippen LogP contribution < -0.4 is 5.01 Å². The van der Waals surface area contributed by atoms with Gasteiger partial charge in [-0.25, -0.2) is 0 Å². The Balaban J connectivity index is 1.76. The van der Waals surface area contributed by atoms with Gasteiger partial charge in [-0.3, -0.25) is 5.01 Å². The Kier molecular flexibility index (Phi) is 4.90. The molecule has 0 fully saturated rings. The van der Waals surface area contributed by atoms with E-state index in [4.69, 9.17) is 39.9 Å². The lowest BCUT2D eigenvalue weighted by atomic mass is 9.98. The number of hydrazone groups is 1. The molecule has 0 amide bonds. The molecule has 1 heterocycles. The molecule has 0 aliphatic carbocycles. The molecule has 130 valence electrons. The molecule has 0 saturated carbocycles. The van der Waals surface area contributed by atoms with Crippen LogP contribution in [-0.2, 0) is 0 Å². The third-order valence-electron chi connectivity index (χ3n) is 4.44. The molecule has 2 nitrogen and oxygen atoms in total. The van der Waals surface area contributed by atoms with Gasteiger partial charge in [0.05, 0.1) is 27.5 Å². The summed E-state index contributed by atoms with van der Waals surface area (Å²) in [5.74, 6) is 0. The maximum atomic E-state index is 6.24. The van der Waals surface area contributed by atoms with Crippen LogP contribution in [-0.4, -0.2) is 5.71 Å². The Bertz CT molecular complexity index is 953. The molecule has 0 N–H and O–H groups in total. The fourth-order valence-electron chi connectivity index (χ4n) is 3.13. The van der Waals surface area contributed by atoms with Gasteiger partial charge in [-0.05, 0) is 41.5 Å². The Morgan fingerprint density at radius 1 is 0.808 bits per heavy atom. The fourth-order valence-corrected chi connectivity index (χ4v) is 3.55. The number of hydrogen-bond donors (Lipinski definition) is 0. The predicted molar refractivity (Wildman–Crippen MR) is 111 cm³/mol. The summed E-state index contributed by atoms with van der Waals surface area (Å²) in [6, 6.07) is 23.8. The Morgan fingerprint density at radius 2 is 1.54 bits per heavy atom. The third-order valence-corrected chi connectivity index (χ3v) is 5.43. The molecule has 1 atom stereocenters. The fraction of sp³-hybridized carbons (Fsp3) is 0.0952. The Morgan fingerprint density at radius 3 is 2.23 bits per heavy atom. The van der Waals surface area contributed by atoms with E-state index >= 15 is 0 Å².